The Morgan fingerprint density at radius 1 is 1.35 bits per heavy atom. The number of amides is 1. The molecule has 6 heteroatoms. The molecule has 0 bridgehead atoms. The van der Waals surface area contributed by atoms with Gasteiger partial charge in [-0.25, -0.2) is 9.07 Å². The van der Waals surface area contributed by atoms with Gasteiger partial charge < -0.3 is 10.0 Å². The smallest absolute Gasteiger partial charge is 0.257 e. The zero-order chi connectivity index (χ0) is 17.2. The predicted octanol–water partition coefficient (Wildman–Crippen LogP) is 2.55. The van der Waals surface area contributed by atoms with Gasteiger partial charge in [-0.1, -0.05) is 0 Å². The Kier molecular flexibility index (Phi) is 4.85. The van der Waals surface area contributed by atoms with Crippen molar-refractivity contribution in [2.24, 2.45) is 0 Å². The second kappa shape index (κ2) is 6.50. The molecule has 2 aromatic rings. The normalized spacial score (nSPS) is 11.6. The minimum atomic E-state index is -0.966. The molecule has 1 aromatic heterocycles. The monoisotopic (exact) mass is 319 g/mol. The number of likely N-dealkylation sites (N-methyl/N-ethyl adjacent to an activating group) is 1. The third-order valence-electron chi connectivity index (χ3n) is 3.56. The Morgan fingerprint density at radius 2 is 1.96 bits per heavy atom. The number of benzene rings is 1. The quantitative estimate of drug-likeness (QED) is 0.921. The van der Waals surface area contributed by atoms with Crippen LogP contribution in [0.5, 0.6) is 0 Å². The second-order valence-corrected chi connectivity index (χ2v) is 6.16. The van der Waals surface area contributed by atoms with E-state index in [4.69, 9.17) is 0 Å². The van der Waals surface area contributed by atoms with Crippen LogP contribution in [0.25, 0.3) is 5.69 Å². The number of hydrogen-bond donors (Lipinski definition) is 1. The molecule has 0 aliphatic rings. The summed E-state index contributed by atoms with van der Waals surface area (Å²) in [5.41, 5.74) is 0.872. The number of rotatable bonds is 5. The fraction of sp³-hybridized carbons (Fsp3) is 0.412. The topological polar surface area (TPSA) is 58.4 Å². The van der Waals surface area contributed by atoms with Crippen LogP contribution < -0.4 is 0 Å². The Balaban J connectivity index is 2.30. The van der Waals surface area contributed by atoms with Crippen molar-refractivity contribution in [3.8, 4) is 5.69 Å². The first kappa shape index (κ1) is 17.1. The summed E-state index contributed by atoms with van der Waals surface area (Å²) in [6, 6.07) is 5.92. The lowest BCUT2D eigenvalue weighted by molar-refractivity contribution is 0.0314. The summed E-state index contributed by atoms with van der Waals surface area (Å²) in [6.07, 6.45) is 1.51. The molecule has 0 spiro atoms. The van der Waals surface area contributed by atoms with Crippen LogP contribution in [0.2, 0.25) is 0 Å². The van der Waals surface area contributed by atoms with E-state index in [1.807, 2.05) is 6.92 Å². The Labute approximate surface area is 135 Å². The minimum Gasteiger partial charge on any atom is -0.389 e. The van der Waals surface area contributed by atoms with E-state index in [1.54, 1.807) is 42.5 Å². The molecule has 0 radical (unpaired) electrons. The molecule has 124 valence electrons. The predicted molar refractivity (Wildman–Crippen MR) is 86.1 cm³/mol. The highest BCUT2D eigenvalue weighted by molar-refractivity contribution is 5.95. The lowest BCUT2D eigenvalue weighted by atomic mass is 10.1. The summed E-state index contributed by atoms with van der Waals surface area (Å²) >= 11 is 0. The molecule has 2 rings (SSSR count). The van der Waals surface area contributed by atoms with Crippen molar-refractivity contribution in [3.05, 3.63) is 47.5 Å². The van der Waals surface area contributed by atoms with E-state index in [0.29, 0.717) is 23.5 Å². The van der Waals surface area contributed by atoms with E-state index in [-0.39, 0.29) is 18.3 Å². The summed E-state index contributed by atoms with van der Waals surface area (Å²) in [5, 5.41) is 14.2. The lowest BCUT2D eigenvalue weighted by Gasteiger charge is -2.28. The number of hydrogen-bond acceptors (Lipinski definition) is 3. The van der Waals surface area contributed by atoms with Crippen LogP contribution in [-0.2, 0) is 0 Å². The SMILES string of the molecule is CCN(CC(C)(C)O)C(=O)c1cnn(-c2ccc(F)cc2)c1C. The van der Waals surface area contributed by atoms with Crippen LogP contribution in [-0.4, -0.2) is 44.4 Å². The van der Waals surface area contributed by atoms with Gasteiger partial charge in [0.1, 0.15) is 5.82 Å². The molecular weight excluding hydrogens is 297 g/mol. The summed E-state index contributed by atoms with van der Waals surface area (Å²) in [4.78, 5) is 14.3. The van der Waals surface area contributed by atoms with Gasteiger partial charge in [-0.05, 0) is 52.0 Å². The second-order valence-electron chi connectivity index (χ2n) is 6.16. The van der Waals surface area contributed by atoms with Gasteiger partial charge in [0.05, 0.1) is 28.7 Å². The third-order valence-corrected chi connectivity index (χ3v) is 3.56. The number of halogens is 1. The highest BCUT2D eigenvalue weighted by Gasteiger charge is 2.25. The zero-order valence-electron chi connectivity index (χ0n) is 13.9. The maximum Gasteiger partial charge on any atom is 0.257 e. The molecule has 1 N–H and O–H groups in total. The maximum absolute atomic E-state index is 13.0. The Bertz CT molecular complexity index is 687. The highest BCUT2D eigenvalue weighted by Crippen LogP contribution is 2.17. The van der Waals surface area contributed by atoms with Crippen molar-refractivity contribution in [2.45, 2.75) is 33.3 Å². The van der Waals surface area contributed by atoms with Gasteiger partial charge in [-0.15, -0.1) is 0 Å². The first-order valence-corrected chi connectivity index (χ1v) is 7.55. The number of carbonyl (C=O) groups excluding carboxylic acids is 1. The van der Waals surface area contributed by atoms with Crippen molar-refractivity contribution in [2.75, 3.05) is 13.1 Å². The van der Waals surface area contributed by atoms with Crippen LogP contribution in [0.15, 0.2) is 30.5 Å². The summed E-state index contributed by atoms with van der Waals surface area (Å²) < 4.78 is 14.6. The van der Waals surface area contributed by atoms with Gasteiger partial charge in [0.15, 0.2) is 0 Å². The molecule has 0 aliphatic carbocycles. The number of nitrogens with zero attached hydrogens (tertiary/aromatic N) is 3. The fourth-order valence-corrected chi connectivity index (χ4v) is 2.43. The summed E-state index contributed by atoms with van der Waals surface area (Å²) in [6.45, 7) is 7.72. The first-order chi connectivity index (χ1) is 10.7. The summed E-state index contributed by atoms with van der Waals surface area (Å²) in [5.74, 6) is -0.502. The highest BCUT2D eigenvalue weighted by atomic mass is 19.1. The maximum atomic E-state index is 13.0. The van der Waals surface area contributed by atoms with Gasteiger partial charge in [0, 0.05) is 13.1 Å². The van der Waals surface area contributed by atoms with Gasteiger partial charge in [-0.3, -0.25) is 4.79 Å². The van der Waals surface area contributed by atoms with Crippen LogP contribution in [0.1, 0.15) is 36.8 Å². The molecule has 0 aliphatic heterocycles. The Hall–Kier alpha value is -2.21. The largest absolute Gasteiger partial charge is 0.389 e. The van der Waals surface area contributed by atoms with Crippen molar-refractivity contribution in [3.63, 3.8) is 0 Å². The Morgan fingerprint density at radius 3 is 2.48 bits per heavy atom. The molecule has 0 saturated heterocycles. The molecule has 0 fully saturated rings. The molecule has 1 heterocycles. The standard InChI is InChI=1S/C17H22FN3O2/c1-5-20(11-17(3,4)23)16(22)15-10-19-21(12(15)2)14-8-6-13(18)7-9-14/h6-10,23H,5,11H2,1-4H3. The van der Waals surface area contributed by atoms with Gasteiger partial charge in [0.25, 0.3) is 5.91 Å². The van der Waals surface area contributed by atoms with Gasteiger partial charge in [0.2, 0.25) is 0 Å². The van der Waals surface area contributed by atoms with Crippen molar-refractivity contribution >= 4 is 5.91 Å². The van der Waals surface area contributed by atoms with E-state index in [2.05, 4.69) is 5.10 Å². The number of carbonyl (C=O) groups is 1. The van der Waals surface area contributed by atoms with Crippen LogP contribution in [0.4, 0.5) is 4.39 Å². The van der Waals surface area contributed by atoms with Crippen molar-refractivity contribution in [1.82, 2.24) is 14.7 Å². The van der Waals surface area contributed by atoms with Gasteiger partial charge >= 0.3 is 0 Å². The fourth-order valence-electron chi connectivity index (χ4n) is 2.43. The van der Waals surface area contributed by atoms with Crippen LogP contribution in [0.3, 0.4) is 0 Å². The van der Waals surface area contributed by atoms with Gasteiger partial charge in [-0.2, -0.15) is 5.10 Å². The average molecular weight is 319 g/mol. The van der Waals surface area contributed by atoms with E-state index >= 15 is 0 Å². The van der Waals surface area contributed by atoms with Crippen molar-refractivity contribution < 1.29 is 14.3 Å². The van der Waals surface area contributed by atoms with E-state index in [1.165, 1.54) is 18.3 Å². The lowest BCUT2D eigenvalue weighted by Crippen LogP contribution is -2.42. The molecule has 0 atom stereocenters. The number of aliphatic hydroxyl groups is 1. The van der Waals surface area contributed by atoms with Crippen LogP contribution in [0, 0.1) is 12.7 Å². The molecular formula is C17H22FN3O2. The third kappa shape index (κ3) is 3.96. The molecule has 23 heavy (non-hydrogen) atoms. The first-order valence-electron chi connectivity index (χ1n) is 7.55. The summed E-state index contributed by atoms with van der Waals surface area (Å²) in [7, 11) is 0. The average Bonchev–Trinajstić information content (AvgIpc) is 2.86. The zero-order valence-corrected chi connectivity index (χ0v) is 13.9. The molecule has 1 aromatic carbocycles. The van der Waals surface area contributed by atoms with Crippen LogP contribution >= 0.6 is 0 Å². The van der Waals surface area contributed by atoms with Crippen molar-refractivity contribution in [1.29, 1.82) is 0 Å². The molecule has 0 unspecified atom stereocenters. The molecule has 1 amide bonds. The molecule has 5 nitrogen and oxygen atoms in total. The van der Waals surface area contributed by atoms with E-state index in [9.17, 15) is 14.3 Å². The molecule has 0 saturated carbocycles. The number of aromatic nitrogens is 2. The minimum absolute atomic E-state index is 0.180. The van der Waals surface area contributed by atoms with E-state index in [0.717, 1.165) is 0 Å². The van der Waals surface area contributed by atoms with E-state index < -0.39 is 5.60 Å².